The molecule has 0 aromatic rings. The minimum Gasteiger partial charge on any atom is -0.462 e. The molecule has 0 aromatic carbocycles. The Labute approximate surface area is 458 Å². The van der Waals surface area contributed by atoms with Gasteiger partial charge in [-0.15, -0.1) is 0 Å². The molecule has 0 fully saturated rings. The quantitative estimate of drug-likeness (QED) is 0.0261. The van der Waals surface area contributed by atoms with Gasteiger partial charge in [0, 0.05) is 19.3 Å². The molecule has 0 heterocycles. The van der Waals surface area contributed by atoms with Crippen molar-refractivity contribution in [3.8, 4) is 0 Å². The maximum absolute atomic E-state index is 12.9. The number of carbonyl (C=O) groups is 3. The Balaban J connectivity index is 4.32. The highest BCUT2D eigenvalue weighted by atomic mass is 16.6. The van der Waals surface area contributed by atoms with Crippen LogP contribution < -0.4 is 0 Å². The highest BCUT2D eigenvalue weighted by Gasteiger charge is 2.19. The molecule has 0 radical (unpaired) electrons. The molecule has 6 heteroatoms. The van der Waals surface area contributed by atoms with Crippen LogP contribution in [0.3, 0.4) is 0 Å². The third-order valence-corrected chi connectivity index (χ3v) is 13.6. The molecule has 74 heavy (non-hydrogen) atoms. The van der Waals surface area contributed by atoms with Gasteiger partial charge in [0.15, 0.2) is 6.10 Å². The van der Waals surface area contributed by atoms with Gasteiger partial charge in [-0.25, -0.2) is 0 Å². The summed E-state index contributed by atoms with van der Waals surface area (Å²) in [5.74, 6) is -0.888. The first-order valence-electron chi connectivity index (χ1n) is 31.6. The van der Waals surface area contributed by atoms with Gasteiger partial charge in [0.05, 0.1) is 0 Å². The van der Waals surface area contributed by atoms with Gasteiger partial charge in [0.25, 0.3) is 0 Å². The lowest BCUT2D eigenvalue weighted by atomic mass is 10.0. The Hall–Kier alpha value is -3.41. The van der Waals surface area contributed by atoms with Crippen LogP contribution in [0, 0.1) is 0 Å². The number of carbonyl (C=O) groups excluding carboxylic acids is 3. The first-order chi connectivity index (χ1) is 36.5. The van der Waals surface area contributed by atoms with E-state index in [1.807, 2.05) is 0 Å². The maximum Gasteiger partial charge on any atom is 0.306 e. The zero-order valence-corrected chi connectivity index (χ0v) is 48.8. The molecule has 0 amide bonds. The van der Waals surface area contributed by atoms with Crippen LogP contribution in [-0.2, 0) is 28.6 Å². The van der Waals surface area contributed by atoms with E-state index < -0.39 is 6.10 Å². The van der Waals surface area contributed by atoms with Gasteiger partial charge >= 0.3 is 17.9 Å². The molecule has 0 saturated heterocycles. The van der Waals surface area contributed by atoms with Crippen LogP contribution in [-0.4, -0.2) is 37.2 Å². The Kier molecular flexibility index (Phi) is 59.3. The lowest BCUT2D eigenvalue weighted by Crippen LogP contribution is -2.30. The highest BCUT2D eigenvalue weighted by Crippen LogP contribution is 2.16. The van der Waals surface area contributed by atoms with Gasteiger partial charge in [-0.1, -0.05) is 279 Å². The van der Waals surface area contributed by atoms with Crippen molar-refractivity contribution in [3.05, 3.63) is 85.1 Å². The van der Waals surface area contributed by atoms with E-state index in [2.05, 4.69) is 106 Å². The zero-order chi connectivity index (χ0) is 53.6. The van der Waals surface area contributed by atoms with E-state index >= 15 is 0 Å². The number of hydrogen-bond donors (Lipinski definition) is 0. The van der Waals surface area contributed by atoms with E-state index in [-0.39, 0.29) is 31.1 Å². The minimum atomic E-state index is -0.785. The Morgan fingerprint density at radius 2 is 0.527 bits per heavy atom. The fourth-order valence-electron chi connectivity index (χ4n) is 8.91. The summed E-state index contributed by atoms with van der Waals surface area (Å²) in [6.45, 7) is 6.52. The average molecular weight is 1030 g/mol. The van der Waals surface area contributed by atoms with Crippen molar-refractivity contribution in [2.24, 2.45) is 0 Å². The smallest absolute Gasteiger partial charge is 0.306 e. The molecular formula is C68H118O6. The lowest BCUT2D eigenvalue weighted by molar-refractivity contribution is -0.167. The van der Waals surface area contributed by atoms with Crippen LogP contribution in [0.1, 0.15) is 310 Å². The predicted octanol–water partition coefficient (Wildman–Crippen LogP) is 21.5. The van der Waals surface area contributed by atoms with Crippen molar-refractivity contribution in [2.45, 2.75) is 316 Å². The fourth-order valence-corrected chi connectivity index (χ4v) is 8.91. The van der Waals surface area contributed by atoms with E-state index in [0.29, 0.717) is 19.3 Å². The topological polar surface area (TPSA) is 78.9 Å². The minimum absolute atomic E-state index is 0.0813. The van der Waals surface area contributed by atoms with Crippen LogP contribution in [0.15, 0.2) is 85.1 Å². The molecule has 426 valence electrons. The normalized spacial score (nSPS) is 12.6. The summed E-state index contributed by atoms with van der Waals surface area (Å²) in [5.41, 5.74) is 0. The second kappa shape index (κ2) is 62.1. The molecule has 0 aliphatic rings. The molecule has 0 rings (SSSR count). The third kappa shape index (κ3) is 59.5. The third-order valence-electron chi connectivity index (χ3n) is 13.6. The van der Waals surface area contributed by atoms with Crippen molar-refractivity contribution >= 4 is 17.9 Å². The van der Waals surface area contributed by atoms with E-state index in [4.69, 9.17) is 14.2 Å². The molecule has 0 aliphatic carbocycles. The van der Waals surface area contributed by atoms with E-state index in [9.17, 15) is 14.4 Å². The largest absolute Gasteiger partial charge is 0.462 e. The zero-order valence-electron chi connectivity index (χ0n) is 48.8. The first kappa shape index (κ1) is 70.6. The molecule has 1 unspecified atom stereocenters. The van der Waals surface area contributed by atoms with Gasteiger partial charge in [-0.2, -0.15) is 0 Å². The van der Waals surface area contributed by atoms with Crippen molar-refractivity contribution in [1.29, 1.82) is 0 Å². The number of rotatable bonds is 57. The summed E-state index contributed by atoms with van der Waals surface area (Å²) in [6.07, 6.45) is 81.5. The molecule has 0 bridgehead atoms. The van der Waals surface area contributed by atoms with Gasteiger partial charge in [-0.3, -0.25) is 14.4 Å². The van der Waals surface area contributed by atoms with E-state index in [1.165, 1.54) is 161 Å². The standard InChI is InChI=1S/C68H118O6/c1-4-7-10-13-16-19-22-25-27-29-31-32-33-34-35-36-38-39-41-43-46-49-52-55-58-61-67(70)73-64-65(63-72-66(69)60-57-54-51-48-45-24-21-18-15-12-9-6-3)74-68(71)62-59-56-53-50-47-44-42-40-37-30-28-26-23-20-17-14-11-8-5-2/h8,11,17,20,22,25-26,28-29,31,33-34,37,40,65H,4-7,9-10,12-16,18-19,21,23-24,27,30,32,35-36,38-39,41-64H2,1-3H3/b11-8-,20-17-,25-22-,28-26-,31-29-,34-33-,40-37-. The van der Waals surface area contributed by atoms with Crippen molar-refractivity contribution in [3.63, 3.8) is 0 Å². The summed E-state index contributed by atoms with van der Waals surface area (Å²) in [5, 5.41) is 0. The Bertz CT molecular complexity index is 1420. The first-order valence-corrected chi connectivity index (χ1v) is 31.6. The second-order valence-corrected chi connectivity index (χ2v) is 20.9. The molecule has 0 N–H and O–H groups in total. The molecular weight excluding hydrogens is 913 g/mol. The second-order valence-electron chi connectivity index (χ2n) is 20.9. The van der Waals surface area contributed by atoms with Crippen LogP contribution in [0.2, 0.25) is 0 Å². The number of unbranched alkanes of at least 4 members (excludes halogenated alkanes) is 32. The van der Waals surface area contributed by atoms with E-state index in [1.54, 1.807) is 0 Å². The Morgan fingerprint density at radius 3 is 0.824 bits per heavy atom. The number of hydrogen-bond acceptors (Lipinski definition) is 6. The summed E-state index contributed by atoms with van der Waals surface area (Å²) in [4.78, 5) is 38.3. The Morgan fingerprint density at radius 1 is 0.284 bits per heavy atom. The lowest BCUT2D eigenvalue weighted by Gasteiger charge is -2.18. The number of ether oxygens (including phenoxy) is 3. The van der Waals surface area contributed by atoms with Crippen LogP contribution in [0.4, 0.5) is 0 Å². The maximum atomic E-state index is 12.9. The molecule has 0 spiro atoms. The molecule has 0 aliphatic heterocycles. The fraction of sp³-hybridized carbons (Fsp3) is 0.750. The molecule has 6 nitrogen and oxygen atoms in total. The van der Waals surface area contributed by atoms with Crippen molar-refractivity contribution < 1.29 is 28.6 Å². The summed E-state index contributed by atoms with van der Waals surface area (Å²) in [7, 11) is 0. The average Bonchev–Trinajstić information content (AvgIpc) is 3.40. The number of allylic oxidation sites excluding steroid dienone is 14. The number of esters is 3. The van der Waals surface area contributed by atoms with Crippen LogP contribution in [0.25, 0.3) is 0 Å². The molecule has 0 saturated carbocycles. The molecule has 1 atom stereocenters. The van der Waals surface area contributed by atoms with Crippen molar-refractivity contribution in [2.75, 3.05) is 13.2 Å². The van der Waals surface area contributed by atoms with Crippen LogP contribution in [0.5, 0.6) is 0 Å². The van der Waals surface area contributed by atoms with E-state index in [0.717, 1.165) is 109 Å². The highest BCUT2D eigenvalue weighted by molar-refractivity contribution is 5.71. The van der Waals surface area contributed by atoms with Gasteiger partial charge in [0.2, 0.25) is 0 Å². The summed E-state index contributed by atoms with van der Waals surface area (Å²) >= 11 is 0. The molecule has 0 aromatic heterocycles. The van der Waals surface area contributed by atoms with Gasteiger partial charge in [0.1, 0.15) is 13.2 Å². The summed E-state index contributed by atoms with van der Waals surface area (Å²) < 4.78 is 16.9. The predicted molar refractivity (Wildman–Crippen MR) is 321 cm³/mol. The SMILES string of the molecule is CC/C=C\C/C=C\C/C=C\C/C=C\CCCCCCCCC(=O)OC(COC(=O)CCCCCCCCCCCC/C=C\C/C=C\C/C=C\CCCCCCC)COC(=O)CCCCCCCCCCCCCC. The summed E-state index contributed by atoms with van der Waals surface area (Å²) in [6, 6.07) is 0. The monoisotopic (exact) mass is 1030 g/mol. The van der Waals surface area contributed by atoms with Gasteiger partial charge in [-0.05, 0) is 96.3 Å². The van der Waals surface area contributed by atoms with Crippen LogP contribution >= 0.6 is 0 Å². The van der Waals surface area contributed by atoms with Crippen molar-refractivity contribution in [1.82, 2.24) is 0 Å². The van der Waals surface area contributed by atoms with Gasteiger partial charge < -0.3 is 14.2 Å².